The first-order chi connectivity index (χ1) is 17.1. The maximum atomic E-state index is 5.45. The van der Waals surface area contributed by atoms with Crippen molar-refractivity contribution in [3.05, 3.63) is 82.1 Å². The van der Waals surface area contributed by atoms with Gasteiger partial charge in [0.15, 0.2) is 0 Å². The minimum Gasteiger partial charge on any atom is -0.672 e. The second-order valence-corrected chi connectivity index (χ2v) is 20.7. The van der Waals surface area contributed by atoms with Crippen molar-refractivity contribution in [2.24, 2.45) is 0 Å². The van der Waals surface area contributed by atoms with Crippen LogP contribution in [-0.2, 0) is 0 Å². The summed E-state index contributed by atoms with van der Waals surface area (Å²) >= 11 is 0. The zero-order valence-electron chi connectivity index (χ0n) is 24.3. The van der Waals surface area contributed by atoms with Crippen molar-refractivity contribution in [1.82, 2.24) is 0 Å². The average molecular weight is 704 g/mol. The average Bonchev–Trinajstić information content (AvgIpc) is 2.83. The van der Waals surface area contributed by atoms with Crippen molar-refractivity contribution in [3.8, 4) is 33.8 Å². The molecule has 1 radical (unpaired) electrons. The SMILES string of the molecule is COc1ccccc1-c1[c-]c(-c2ccccc2OC)ccc1.C[SiH](C)[N-][SiH](C)C.C[SiH](C)[N-][SiH](C)C.[Sm+3]. The zero-order valence-corrected chi connectivity index (χ0v) is 31.5. The van der Waals surface area contributed by atoms with Crippen LogP contribution in [-0.4, -0.2) is 50.1 Å². The molecular weight excluding hydrogens is 659 g/mol. The normalized spacial score (nSPS) is 10.3. The van der Waals surface area contributed by atoms with Crippen molar-refractivity contribution in [3.63, 3.8) is 0 Å². The molecule has 9 heteroatoms. The maximum absolute atomic E-state index is 5.45. The minimum atomic E-state index is -0.542. The van der Waals surface area contributed by atoms with E-state index in [2.05, 4.69) is 67.7 Å². The number of hydrogen-bond donors (Lipinski definition) is 0. The van der Waals surface area contributed by atoms with E-state index >= 15 is 0 Å². The van der Waals surface area contributed by atoms with Gasteiger partial charge < -0.3 is 18.8 Å². The van der Waals surface area contributed by atoms with Gasteiger partial charge in [-0.05, 0) is 23.3 Å². The summed E-state index contributed by atoms with van der Waals surface area (Å²) in [5.74, 6) is 1.69. The first-order valence-corrected chi connectivity index (χ1v) is 24.1. The Morgan fingerprint density at radius 1 is 0.514 bits per heavy atom. The quantitative estimate of drug-likeness (QED) is 0.180. The summed E-state index contributed by atoms with van der Waals surface area (Å²) in [5, 5.41) is 0. The summed E-state index contributed by atoms with van der Waals surface area (Å²) in [5.41, 5.74) is 4.06. The summed E-state index contributed by atoms with van der Waals surface area (Å²) in [6.07, 6.45) is 0. The van der Waals surface area contributed by atoms with Crippen LogP contribution in [0.1, 0.15) is 0 Å². The molecule has 0 heterocycles. The fourth-order valence-electron chi connectivity index (χ4n) is 3.71. The van der Waals surface area contributed by atoms with Crippen molar-refractivity contribution < 1.29 is 49.9 Å². The van der Waals surface area contributed by atoms with Crippen LogP contribution in [0.15, 0.2) is 66.7 Å². The molecule has 4 nitrogen and oxygen atoms in total. The molecule has 0 saturated carbocycles. The number of methoxy groups -OCH3 is 2. The molecule has 0 aliphatic heterocycles. The second-order valence-electron chi connectivity index (χ2n) is 9.55. The monoisotopic (exact) mass is 705 g/mol. The molecule has 0 spiro atoms. The fraction of sp³-hybridized carbons (Fsp3) is 0.357. The van der Waals surface area contributed by atoms with Gasteiger partial charge in [-0.25, -0.2) is 0 Å². The molecule has 0 aliphatic rings. The van der Waals surface area contributed by atoms with Crippen LogP contribution < -0.4 is 9.47 Å². The molecule has 201 valence electrons. The van der Waals surface area contributed by atoms with Crippen molar-refractivity contribution in [2.75, 3.05) is 14.2 Å². The predicted octanol–water partition coefficient (Wildman–Crippen LogP) is 7.49. The molecule has 0 atom stereocenters. The molecule has 0 bridgehead atoms. The standard InChI is InChI=1S/C20H17O2.2C4H14NSi2.Sm/c1-21-19-12-5-3-10-17(19)15-8-7-9-16(14-15)18-11-4-6-13-20(18)22-2;2*1-6(2)5-7(3)4;/h3-13H,1-2H3;2*6-7H,1-4H3;/q3*-1;+3. The van der Waals surface area contributed by atoms with Gasteiger partial charge in [0.05, 0.1) is 25.7 Å². The maximum Gasteiger partial charge on any atom is 3.00 e. The summed E-state index contributed by atoms with van der Waals surface area (Å²) in [6, 6.07) is 25.5. The molecule has 0 amide bonds. The smallest absolute Gasteiger partial charge is 0.672 e. The van der Waals surface area contributed by atoms with Gasteiger partial charge in [-0.2, -0.15) is 0 Å². The van der Waals surface area contributed by atoms with Crippen LogP contribution in [0.3, 0.4) is 0 Å². The molecule has 0 unspecified atom stereocenters. The Morgan fingerprint density at radius 2 is 0.838 bits per heavy atom. The van der Waals surface area contributed by atoms with Gasteiger partial charge in [0, 0.05) is 0 Å². The Hall–Kier alpha value is -0.615. The van der Waals surface area contributed by atoms with Gasteiger partial charge in [-0.3, -0.25) is 0 Å². The van der Waals surface area contributed by atoms with E-state index in [0.717, 1.165) is 33.8 Å². The van der Waals surface area contributed by atoms with Crippen LogP contribution >= 0.6 is 0 Å². The molecule has 37 heavy (non-hydrogen) atoms. The van der Waals surface area contributed by atoms with Crippen LogP contribution in [0.2, 0.25) is 52.4 Å². The summed E-state index contributed by atoms with van der Waals surface area (Å²) in [6.45, 7) is 18.2. The van der Waals surface area contributed by atoms with Crippen LogP contribution in [0.5, 0.6) is 11.5 Å². The largest absolute Gasteiger partial charge is 3.00 e. The molecule has 3 rings (SSSR count). The summed E-state index contributed by atoms with van der Waals surface area (Å²) < 4.78 is 20.0. The van der Waals surface area contributed by atoms with Gasteiger partial charge in [0.2, 0.25) is 0 Å². The van der Waals surface area contributed by atoms with Gasteiger partial charge in [-0.1, -0.05) is 125 Å². The van der Waals surface area contributed by atoms with Gasteiger partial charge >= 0.3 is 40.4 Å². The molecular formula is C28H45N2O2Si4Sm. The van der Waals surface area contributed by atoms with E-state index in [0.29, 0.717) is 0 Å². The summed E-state index contributed by atoms with van der Waals surface area (Å²) in [4.78, 5) is 0. The first-order valence-electron chi connectivity index (χ1n) is 12.8. The first kappa shape index (κ1) is 36.4. The zero-order chi connectivity index (χ0) is 27.1. The van der Waals surface area contributed by atoms with Gasteiger partial charge in [-0.15, -0.1) is 35.4 Å². The van der Waals surface area contributed by atoms with E-state index < -0.39 is 35.8 Å². The third-order valence-corrected chi connectivity index (χ3v) is 14.3. The Labute approximate surface area is 265 Å². The number of nitrogens with zero attached hydrogens (tertiary/aromatic N) is 2. The Morgan fingerprint density at radius 3 is 1.11 bits per heavy atom. The Kier molecular flexibility index (Phi) is 20.0. The molecule has 0 N–H and O–H groups in total. The minimum absolute atomic E-state index is 0. The molecule has 0 saturated heterocycles. The van der Waals surface area contributed by atoms with Crippen LogP contribution in [0.4, 0.5) is 0 Å². The van der Waals surface area contributed by atoms with Crippen LogP contribution in [0.25, 0.3) is 31.5 Å². The van der Waals surface area contributed by atoms with E-state index in [1.807, 2.05) is 66.7 Å². The fourth-order valence-corrected chi connectivity index (χ4v) is 13.3. The Balaban J connectivity index is 0.000000720. The van der Waals surface area contributed by atoms with Crippen molar-refractivity contribution in [2.45, 2.75) is 52.4 Å². The Bertz CT molecular complexity index is 932. The number of rotatable bonds is 8. The number of para-hydroxylation sites is 2. The third kappa shape index (κ3) is 14.9. The topological polar surface area (TPSA) is 46.7 Å². The number of benzene rings is 3. The van der Waals surface area contributed by atoms with E-state index in [9.17, 15) is 0 Å². The van der Waals surface area contributed by atoms with Crippen LogP contribution in [0, 0.1) is 46.5 Å². The van der Waals surface area contributed by atoms with Crippen molar-refractivity contribution in [1.29, 1.82) is 0 Å². The molecule has 0 aromatic heterocycles. The van der Waals surface area contributed by atoms with E-state index in [-0.39, 0.29) is 40.4 Å². The molecule has 0 aliphatic carbocycles. The third-order valence-electron chi connectivity index (χ3n) is 4.78. The second kappa shape index (κ2) is 20.3. The molecule has 3 aromatic carbocycles. The number of hydrogen-bond acceptors (Lipinski definition) is 2. The van der Waals surface area contributed by atoms with E-state index in [1.54, 1.807) is 14.2 Å². The predicted molar refractivity (Wildman–Crippen MR) is 171 cm³/mol. The van der Waals surface area contributed by atoms with Gasteiger partial charge in [0.25, 0.3) is 0 Å². The van der Waals surface area contributed by atoms with E-state index in [1.165, 1.54) is 0 Å². The number of ether oxygens (including phenoxy) is 2. The van der Waals surface area contributed by atoms with Crippen molar-refractivity contribution >= 4 is 35.8 Å². The molecule has 0 fully saturated rings. The van der Waals surface area contributed by atoms with Gasteiger partial charge in [0.1, 0.15) is 0 Å². The molecule has 3 aromatic rings. The van der Waals surface area contributed by atoms with E-state index in [4.69, 9.17) is 9.47 Å². The summed E-state index contributed by atoms with van der Waals surface area (Å²) in [7, 11) is 1.20.